The van der Waals surface area contributed by atoms with Gasteiger partial charge >= 0.3 is 5.97 Å². The standard InChI is InChI=1S/C25H30O8/c1-5-31-24(28)18-10-15(13-6-8-14(27)9-7-13)20-22(30-4)16-11-19(25(2,3)29)33-21(16)17(12-26)23(20)32-18/h10,19,26,29H,5-9,11-12H2,1-4H3/t19-/m0/s1. The molecule has 0 radical (unpaired) electrons. The third-order valence-corrected chi connectivity index (χ3v) is 6.38. The van der Waals surface area contributed by atoms with Crippen molar-refractivity contribution in [1.82, 2.24) is 0 Å². The lowest BCUT2D eigenvalue weighted by atomic mass is 9.84. The van der Waals surface area contributed by atoms with Crippen LogP contribution in [0.2, 0.25) is 0 Å². The van der Waals surface area contributed by atoms with Crippen LogP contribution in [0.5, 0.6) is 17.2 Å². The molecule has 0 aromatic heterocycles. The summed E-state index contributed by atoms with van der Waals surface area (Å²) in [4.78, 5) is 24.5. The molecule has 178 valence electrons. The maximum absolute atomic E-state index is 12.6. The van der Waals surface area contributed by atoms with Crippen LogP contribution in [-0.4, -0.2) is 47.4 Å². The van der Waals surface area contributed by atoms with E-state index in [4.69, 9.17) is 18.9 Å². The summed E-state index contributed by atoms with van der Waals surface area (Å²) in [6, 6.07) is 0. The van der Waals surface area contributed by atoms with Gasteiger partial charge in [0, 0.05) is 24.8 Å². The van der Waals surface area contributed by atoms with Crippen molar-refractivity contribution in [3.8, 4) is 17.2 Å². The highest BCUT2D eigenvalue weighted by Gasteiger charge is 2.42. The molecule has 8 heteroatoms. The number of aliphatic hydroxyl groups is 2. The van der Waals surface area contributed by atoms with Crippen molar-refractivity contribution in [1.29, 1.82) is 0 Å². The van der Waals surface area contributed by atoms with Crippen molar-refractivity contribution in [2.24, 2.45) is 0 Å². The van der Waals surface area contributed by atoms with Gasteiger partial charge in [-0.2, -0.15) is 0 Å². The van der Waals surface area contributed by atoms with Gasteiger partial charge in [0.15, 0.2) is 0 Å². The van der Waals surface area contributed by atoms with Crippen molar-refractivity contribution in [2.45, 2.75) is 71.2 Å². The molecule has 2 heterocycles. The molecule has 1 aromatic carbocycles. The predicted octanol–water partition coefficient (Wildman–Crippen LogP) is 3.00. The van der Waals surface area contributed by atoms with Gasteiger partial charge < -0.3 is 29.2 Å². The zero-order chi connectivity index (χ0) is 23.9. The van der Waals surface area contributed by atoms with Crippen LogP contribution in [0, 0.1) is 0 Å². The Kier molecular flexibility index (Phi) is 6.24. The van der Waals surface area contributed by atoms with Crippen LogP contribution in [-0.2, 0) is 27.4 Å². The highest BCUT2D eigenvalue weighted by atomic mass is 16.6. The lowest BCUT2D eigenvalue weighted by molar-refractivity contribution is -0.141. The maximum atomic E-state index is 12.6. The number of ether oxygens (including phenoxy) is 4. The number of aliphatic hydroxyl groups excluding tert-OH is 1. The second-order valence-electron chi connectivity index (χ2n) is 9.03. The van der Waals surface area contributed by atoms with Gasteiger partial charge in [-0.1, -0.05) is 5.57 Å². The lowest BCUT2D eigenvalue weighted by Gasteiger charge is -2.28. The fourth-order valence-electron chi connectivity index (χ4n) is 4.63. The van der Waals surface area contributed by atoms with Gasteiger partial charge in [-0.15, -0.1) is 0 Å². The van der Waals surface area contributed by atoms with Gasteiger partial charge in [-0.3, -0.25) is 4.79 Å². The molecule has 4 rings (SSSR count). The van der Waals surface area contributed by atoms with Gasteiger partial charge in [0.2, 0.25) is 5.76 Å². The summed E-state index contributed by atoms with van der Waals surface area (Å²) in [5.41, 5.74) is 2.37. The summed E-state index contributed by atoms with van der Waals surface area (Å²) in [6.07, 6.45) is 3.48. The molecule has 0 bridgehead atoms. The van der Waals surface area contributed by atoms with E-state index in [1.165, 1.54) is 0 Å². The van der Waals surface area contributed by atoms with Crippen molar-refractivity contribution < 1.29 is 38.7 Å². The van der Waals surface area contributed by atoms with Crippen molar-refractivity contribution >= 4 is 17.3 Å². The molecule has 2 N–H and O–H groups in total. The van der Waals surface area contributed by atoms with E-state index in [2.05, 4.69) is 0 Å². The number of carbonyl (C=O) groups is 2. The smallest absolute Gasteiger partial charge is 0.374 e. The summed E-state index contributed by atoms with van der Waals surface area (Å²) < 4.78 is 23.1. The van der Waals surface area contributed by atoms with E-state index >= 15 is 0 Å². The monoisotopic (exact) mass is 458 g/mol. The normalized spacial score (nSPS) is 19.9. The Morgan fingerprint density at radius 2 is 1.91 bits per heavy atom. The van der Waals surface area contributed by atoms with Crippen LogP contribution in [0.15, 0.2) is 17.4 Å². The molecule has 8 nitrogen and oxygen atoms in total. The SMILES string of the molecule is CCOC(=O)C1=CC(=C2CCC(=O)CC2)c2c(OC)c3c(c(CO)c2O1)O[C@H](C(C)(C)O)C3. The topological polar surface area (TPSA) is 112 Å². The fraction of sp³-hybridized carbons (Fsp3) is 0.520. The highest BCUT2D eigenvalue weighted by Crippen LogP contribution is 2.54. The molecule has 0 spiro atoms. The minimum atomic E-state index is -1.13. The average Bonchev–Trinajstić information content (AvgIpc) is 3.23. The van der Waals surface area contributed by atoms with E-state index in [0.29, 0.717) is 54.7 Å². The number of allylic oxidation sites excluding steroid dienone is 3. The Labute approximate surface area is 192 Å². The molecule has 1 saturated carbocycles. The van der Waals surface area contributed by atoms with E-state index in [-0.39, 0.29) is 23.9 Å². The summed E-state index contributed by atoms with van der Waals surface area (Å²) in [5.74, 6) is 0.773. The first kappa shape index (κ1) is 23.3. The van der Waals surface area contributed by atoms with E-state index in [9.17, 15) is 19.8 Å². The minimum Gasteiger partial charge on any atom is -0.496 e. The van der Waals surface area contributed by atoms with Gasteiger partial charge in [0.25, 0.3) is 0 Å². The number of esters is 1. The number of fused-ring (bicyclic) bond motifs is 2. The molecular weight excluding hydrogens is 428 g/mol. The number of hydrogen-bond acceptors (Lipinski definition) is 8. The molecule has 1 aromatic rings. The van der Waals surface area contributed by atoms with Crippen molar-refractivity contribution in [3.63, 3.8) is 0 Å². The molecule has 1 atom stereocenters. The van der Waals surface area contributed by atoms with Gasteiger partial charge in [-0.05, 0) is 45.3 Å². The van der Waals surface area contributed by atoms with E-state index < -0.39 is 24.3 Å². The van der Waals surface area contributed by atoms with Crippen LogP contribution in [0.25, 0.3) is 5.57 Å². The zero-order valence-electron chi connectivity index (χ0n) is 19.4. The Balaban J connectivity index is 1.96. The van der Waals surface area contributed by atoms with Crippen LogP contribution in [0.4, 0.5) is 0 Å². The number of ketones is 1. The molecule has 3 aliphatic rings. The number of Topliss-reactive ketones (excluding diaryl/α,β-unsaturated/α-hetero) is 1. The molecule has 0 saturated heterocycles. The minimum absolute atomic E-state index is 0.00233. The molecular formula is C25H30O8. The largest absolute Gasteiger partial charge is 0.496 e. The second-order valence-corrected chi connectivity index (χ2v) is 9.03. The molecule has 33 heavy (non-hydrogen) atoms. The highest BCUT2D eigenvalue weighted by molar-refractivity contribution is 5.97. The van der Waals surface area contributed by atoms with Crippen molar-refractivity contribution in [2.75, 3.05) is 13.7 Å². The predicted molar refractivity (Wildman–Crippen MR) is 119 cm³/mol. The van der Waals surface area contributed by atoms with E-state index in [1.54, 1.807) is 34.0 Å². The number of carbonyl (C=O) groups excluding carboxylic acids is 2. The lowest BCUT2D eigenvalue weighted by Crippen LogP contribution is -2.39. The molecule has 1 fully saturated rings. The first-order valence-corrected chi connectivity index (χ1v) is 11.3. The quantitative estimate of drug-likeness (QED) is 0.648. The van der Waals surface area contributed by atoms with Crippen LogP contribution in [0.1, 0.15) is 63.1 Å². The Morgan fingerprint density at radius 1 is 1.21 bits per heavy atom. The summed E-state index contributed by atoms with van der Waals surface area (Å²) >= 11 is 0. The summed E-state index contributed by atoms with van der Waals surface area (Å²) in [6.45, 7) is 4.82. The number of hydrogen-bond donors (Lipinski definition) is 2. The average molecular weight is 459 g/mol. The Morgan fingerprint density at radius 3 is 2.48 bits per heavy atom. The third kappa shape index (κ3) is 4.13. The molecule has 0 amide bonds. The van der Waals surface area contributed by atoms with Gasteiger partial charge in [0.05, 0.1) is 37.1 Å². The first-order chi connectivity index (χ1) is 15.7. The van der Waals surface area contributed by atoms with Crippen molar-refractivity contribution in [3.05, 3.63) is 34.1 Å². The van der Waals surface area contributed by atoms with E-state index in [1.807, 2.05) is 0 Å². The first-order valence-electron chi connectivity index (χ1n) is 11.3. The number of rotatable bonds is 5. The summed E-state index contributed by atoms with van der Waals surface area (Å²) in [7, 11) is 1.54. The van der Waals surface area contributed by atoms with Crippen LogP contribution in [0.3, 0.4) is 0 Å². The second kappa shape index (κ2) is 8.83. The van der Waals surface area contributed by atoms with Crippen LogP contribution >= 0.6 is 0 Å². The van der Waals surface area contributed by atoms with E-state index in [0.717, 1.165) is 16.7 Å². The Hall–Kier alpha value is -2.84. The zero-order valence-corrected chi connectivity index (χ0v) is 19.4. The van der Waals surface area contributed by atoms with Gasteiger partial charge in [-0.25, -0.2) is 4.79 Å². The fourth-order valence-corrected chi connectivity index (χ4v) is 4.63. The number of methoxy groups -OCH3 is 1. The molecule has 1 aliphatic carbocycles. The molecule has 2 aliphatic heterocycles. The molecule has 0 unspecified atom stereocenters. The maximum Gasteiger partial charge on any atom is 0.374 e. The summed E-state index contributed by atoms with van der Waals surface area (Å²) in [5, 5.41) is 20.9. The van der Waals surface area contributed by atoms with Gasteiger partial charge in [0.1, 0.15) is 29.1 Å². The number of benzene rings is 1. The van der Waals surface area contributed by atoms with Crippen LogP contribution < -0.4 is 14.2 Å². The third-order valence-electron chi connectivity index (χ3n) is 6.38. The Bertz CT molecular complexity index is 1050.